The zero-order valence-corrected chi connectivity index (χ0v) is 18.7. The molecule has 30 heavy (non-hydrogen) atoms. The Hall–Kier alpha value is -2.38. The van der Waals surface area contributed by atoms with Gasteiger partial charge in [-0.25, -0.2) is 13.8 Å². The molecule has 0 aromatic heterocycles. The molecular weight excluding hydrogens is 422 g/mol. The number of anilines is 1. The summed E-state index contributed by atoms with van der Waals surface area (Å²) in [6, 6.07) is 12.9. The molecular formula is C22H26ClN3O3S. The van der Waals surface area contributed by atoms with Crippen molar-refractivity contribution >= 4 is 38.9 Å². The molecule has 8 heteroatoms. The molecule has 1 amide bonds. The standard InChI is InChI=1S/C22H26ClN3O3S/c1-16-12-13-18(14-20(16)23)26(30(28,29)19-9-4-3-5-10-19)15-22(27)25-24-21-11-7-6-8-17(21)2/h3-5,9-10,12-14,17H,6-8,11,15H2,1-2H3,(H,25,27)/b24-21+/t17-/m1/s1. The fourth-order valence-electron chi connectivity index (χ4n) is 3.41. The molecule has 160 valence electrons. The highest BCUT2D eigenvalue weighted by molar-refractivity contribution is 7.92. The Balaban J connectivity index is 1.88. The Morgan fingerprint density at radius 3 is 2.60 bits per heavy atom. The molecule has 1 saturated carbocycles. The third kappa shape index (κ3) is 5.21. The summed E-state index contributed by atoms with van der Waals surface area (Å²) >= 11 is 6.23. The maximum atomic E-state index is 13.3. The number of hydrazone groups is 1. The first-order chi connectivity index (χ1) is 14.3. The predicted molar refractivity (Wildman–Crippen MR) is 120 cm³/mol. The first kappa shape index (κ1) is 22.3. The van der Waals surface area contributed by atoms with Gasteiger partial charge in [-0.3, -0.25) is 9.10 Å². The second-order valence-electron chi connectivity index (χ2n) is 7.54. The number of halogens is 1. The van der Waals surface area contributed by atoms with E-state index in [1.54, 1.807) is 36.4 Å². The summed E-state index contributed by atoms with van der Waals surface area (Å²) in [5.74, 6) is -0.185. The van der Waals surface area contributed by atoms with Crippen LogP contribution in [0.25, 0.3) is 0 Å². The second-order valence-corrected chi connectivity index (χ2v) is 9.81. The summed E-state index contributed by atoms with van der Waals surface area (Å²) < 4.78 is 27.6. The lowest BCUT2D eigenvalue weighted by Gasteiger charge is -2.24. The summed E-state index contributed by atoms with van der Waals surface area (Å²) in [4.78, 5) is 12.7. The van der Waals surface area contributed by atoms with Crippen LogP contribution in [0.1, 0.15) is 38.2 Å². The molecule has 1 aliphatic carbocycles. The van der Waals surface area contributed by atoms with Crippen LogP contribution in [0.2, 0.25) is 5.02 Å². The lowest BCUT2D eigenvalue weighted by molar-refractivity contribution is -0.119. The number of nitrogens with zero attached hydrogens (tertiary/aromatic N) is 2. The van der Waals surface area contributed by atoms with Gasteiger partial charge in [0.15, 0.2) is 0 Å². The van der Waals surface area contributed by atoms with E-state index in [2.05, 4.69) is 17.5 Å². The van der Waals surface area contributed by atoms with Crippen molar-refractivity contribution < 1.29 is 13.2 Å². The summed E-state index contributed by atoms with van der Waals surface area (Å²) in [5.41, 5.74) is 4.63. The number of nitrogens with one attached hydrogen (secondary N) is 1. The van der Waals surface area contributed by atoms with E-state index in [1.807, 2.05) is 6.92 Å². The number of hydrogen-bond donors (Lipinski definition) is 1. The van der Waals surface area contributed by atoms with E-state index in [1.165, 1.54) is 12.1 Å². The first-order valence-electron chi connectivity index (χ1n) is 9.98. The Morgan fingerprint density at radius 2 is 1.93 bits per heavy atom. The average Bonchev–Trinajstić information content (AvgIpc) is 2.74. The number of hydrogen-bond acceptors (Lipinski definition) is 4. The average molecular weight is 448 g/mol. The van der Waals surface area contributed by atoms with Crippen LogP contribution in [-0.2, 0) is 14.8 Å². The first-order valence-corrected chi connectivity index (χ1v) is 11.8. The van der Waals surface area contributed by atoms with Crippen molar-refractivity contribution in [2.45, 2.75) is 44.4 Å². The third-order valence-electron chi connectivity index (χ3n) is 5.27. The highest BCUT2D eigenvalue weighted by atomic mass is 35.5. The zero-order chi connectivity index (χ0) is 21.7. The molecule has 2 aromatic rings. The van der Waals surface area contributed by atoms with Gasteiger partial charge < -0.3 is 0 Å². The van der Waals surface area contributed by atoms with E-state index >= 15 is 0 Å². The number of rotatable bonds is 6. The van der Waals surface area contributed by atoms with Crippen molar-refractivity contribution in [3.63, 3.8) is 0 Å². The number of carbonyl (C=O) groups excluding carboxylic acids is 1. The molecule has 1 fully saturated rings. The predicted octanol–water partition coefficient (Wildman–Crippen LogP) is 4.53. The van der Waals surface area contributed by atoms with Crippen molar-refractivity contribution in [1.82, 2.24) is 5.43 Å². The molecule has 0 radical (unpaired) electrons. The summed E-state index contributed by atoms with van der Waals surface area (Å²) in [6.07, 6.45) is 4.10. The summed E-state index contributed by atoms with van der Waals surface area (Å²) in [7, 11) is -3.97. The minimum absolute atomic E-state index is 0.0988. The smallest absolute Gasteiger partial charge is 0.264 e. The van der Waals surface area contributed by atoms with E-state index in [4.69, 9.17) is 11.6 Å². The summed E-state index contributed by atoms with van der Waals surface area (Å²) in [6.45, 7) is 3.52. The van der Waals surface area contributed by atoms with Crippen LogP contribution in [0.3, 0.4) is 0 Å². The van der Waals surface area contributed by atoms with Crippen molar-refractivity contribution in [2.24, 2.45) is 11.0 Å². The van der Waals surface area contributed by atoms with Crippen molar-refractivity contribution in [1.29, 1.82) is 0 Å². The number of benzene rings is 2. The number of carbonyl (C=O) groups is 1. The highest BCUT2D eigenvalue weighted by Gasteiger charge is 2.27. The molecule has 0 aliphatic heterocycles. The molecule has 1 aliphatic rings. The van der Waals surface area contributed by atoms with Crippen LogP contribution in [0.5, 0.6) is 0 Å². The molecule has 2 aromatic carbocycles. The van der Waals surface area contributed by atoms with Gasteiger partial charge >= 0.3 is 0 Å². The normalized spacial score (nSPS) is 18.2. The van der Waals surface area contributed by atoms with Gasteiger partial charge in [0.05, 0.1) is 10.6 Å². The van der Waals surface area contributed by atoms with E-state index in [9.17, 15) is 13.2 Å². The van der Waals surface area contributed by atoms with Gasteiger partial charge in [0.1, 0.15) is 6.54 Å². The van der Waals surface area contributed by atoms with Gasteiger partial charge in [0, 0.05) is 10.7 Å². The molecule has 6 nitrogen and oxygen atoms in total. The topological polar surface area (TPSA) is 78.8 Å². The molecule has 0 saturated heterocycles. The summed E-state index contributed by atoms with van der Waals surface area (Å²) in [5, 5.41) is 4.70. The minimum atomic E-state index is -3.97. The van der Waals surface area contributed by atoms with Gasteiger partial charge in [0.2, 0.25) is 0 Å². The Bertz CT molecular complexity index is 1040. The lowest BCUT2D eigenvalue weighted by Crippen LogP contribution is -2.40. The van der Waals surface area contributed by atoms with E-state index < -0.39 is 22.5 Å². The Kier molecular flexibility index (Phi) is 7.15. The lowest BCUT2D eigenvalue weighted by atomic mass is 9.89. The molecule has 0 unspecified atom stereocenters. The molecule has 3 rings (SSSR count). The van der Waals surface area contributed by atoms with E-state index in [0.717, 1.165) is 41.3 Å². The highest BCUT2D eigenvalue weighted by Crippen LogP contribution is 2.28. The number of sulfonamides is 1. The van der Waals surface area contributed by atoms with Crippen LogP contribution in [0.15, 0.2) is 58.5 Å². The third-order valence-corrected chi connectivity index (χ3v) is 7.47. The fraction of sp³-hybridized carbons (Fsp3) is 0.364. The Morgan fingerprint density at radius 1 is 1.20 bits per heavy atom. The van der Waals surface area contributed by atoms with Crippen molar-refractivity contribution in [2.75, 3.05) is 10.8 Å². The van der Waals surface area contributed by atoms with Crippen LogP contribution < -0.4 is 9.73 Å². The molecule has 1 atom stereocenters. The molecule has 0 bridgehead atoms. The quantitative estimate of drug-likeness (QED) is 0.661. The van der Waals surface area contributed by atoms with Gasteiger partial charge in [-0.2, -0.15) is 5.10 Å². The molecule has 0 heterocycles. The SMILES string of the molecule is Cc1ccc(N(CC(=O)N/N=C2\CCCC[C@H]2C)S(=O)(=O)c2ccccc2)cc1Cl. The van der Waals surface area contributed by atoms with E-state index in [-0.39, 0.29) is 4.90 Å². The molecule has 0 spiro atoms. The maximum absolute atomic E-state index is 13.3. The largest absolute Gasteiger partial charge is 0.271 e. The second kappa shape index (κ2) is 9.62. The van der Waals surface area contributed by atoms with E-state index in [0.29, 0.717) is 16.6 Å². The Labute approximate surface area is 183 Å². The van der Waals surface area contributed by atoms with Crippen LogP contribution in [-0.4, -0.2) is 26.6 Å². The zero-order valence-electron chi connectivity index (χ0n) is 17.1. The number of aryl methyl sites for hydroxylation is 1. The van der Waals surface area contributed by atoms with Crippen LogP contribution in [0, 0.1) is 12.8 Å². The minimum Gasteiger partial charge on any atom is -0.271 e. The van der Waals surface area contributed by atoms with Crippen LogP contribution >= 0.6 is 11.6 Å². The fourth-order valence-corrected chi connectivity index (χ4v) is 5.02. The number of amides is 1. The van der Waals surface area contributed by atoms with Crippen molar-refractivity contribution in [3.05, 3.63) is 59.1 Å². The van der Waals surface area contributed by atoms with Crippen LogP contribution in [0.4, 0.5) is 5.69 Å². The van der Waals surface area contributed by atoms with Gasteiger partial charge in [-0.05, 0) is 61.9 Å². The maximum Gasteiger partial charge on any atom is 0.264 e. The van der Waals surface area contributed by atoms with Gasteiger partial charge in [0.25, 0.3) is 15.9 Å². The molecule has 1 N–H and O–H groups in total. The monoisotopic (exact) mass is 447 g/mol. The van der Waals surface area contributed by atoms with Gasteiger partial charge in [-0.1, -0.05) is 49.2 Å². The van der Waals surface area contributed by atoms with Crippen molar-refractivity contribution in [3.8, 4) is 0 Å². The van der Waals surface area contributed by atoms with Gasteiger partial charge in [-0.15, -0.1) is 0 Å².